The highest BCUT2D eigenvalue weighted by molar-refractivity contribution is 5.85. The van der Waals surface area contributed by atoms with E-state index in [1.807, 2.05) is 0 Å². The molecule has 10 heavy (non-hydrogen) atoms. The van der Waals surface area contributed by atoms with E-state index < -0.39 is 0 Å². The molecule has 2 N–H and O–H groups in total. The molecule has 0 atom stereocenters. The second kappa shape index (κ2) is 4.39. The topological polar surface area (TPSA) is 24.1 Å². The zero-order valence-electron chi connectivity index (χ0n) is 5.80. The third kappa shape index (κ3) is 1.99. The van der Waals surface area contributed by atoms with Gasteiger partial charge in [-0.2, -0.15) is 0 Å². The normalized spacial score (nSPS) is 36.0. The minimum atomic E-state index is 0. The fourth-order valence-electron chi connectivity index (χ4n) is 1.62. The van der Waals surface area contributed by atoms with E-state index in [0.717, 1.165) is 12.1 Å². The Bertz CT molecular complexity index is 68.7. The summed E-state index contributed by atoms with van der Waals surface area (Å²) in [5, 5.41) is 0. The van der Waals surface area contributed by atoms with Crippen LogP contribution in [0.5, 0.6) is 0 Å². The first-order chi connectivity index (χ1) is 3.95. The summed E-state index contributed by atoms with van der Waals surface area (Å²) in [5.74, 6) is 0. The molecule has 4 heteroatoms. The maximum atomic E-state index is 3.27. The molecule has 0 amide bonds. The van der Waals surface area contributed by atoms with Crippen molar-refractivity contribution in [3.63, 3.8) is 0 Å². The van der Waals surface area contributed by atoms with Gasteiger partial charge >= 0.3 is 0 Å². The lowest BCUT2D eigenvalue weighted by Crippen LogP contribution is -2.56. The zero-order chi connectivity index (χ0) is 5.40. The van der Waals surface area contributed by atoms with Gasteiger partial charge in [-0.15, -0.1) is 24.8 Å². The number of hydrogen-bond donors (Lipinski definition) is 2. The van der Waals surface area contributed by atoms with Gasteiger partial charge in [0.2, 0.25) is 0 Å². The first kappa shape index (κ1) is 10.5. The Hall–Kier alpha value is 0.500. The lowest BCUT2D eigenvalue weighted by molar-refractivity contribution is 0.191. The van der Waals surface area contributed by atoms with Crippen LogP contribution < -0.4 is 10.9 Å². The highest BCUT2D eigenvalue weighted by Gasteiger charge is 2.25. The molecular weight excluding hydrogens is 171 g/mol. The van der Waals surface area contributed by atoms with E-state index in [0.29, 0.717) is 0 Å². The smallest absolute Gasteiger partial charge is 0.0214 e. The van der Waals surface area contributed by atoms with Crippen molar-refractivity contribution in [2.45, 2.75) is 37.8 Å². The number of rotatable bonds is 0. The predicted octanol–water partition coefficient (Wildman–Crippen LogP) is 1.25. The molecule has 2 saturated heterocycles. The molecule has 3 aliphatic rings. The summed E-state index contributed by atoms with van der Waals surface area (Å²) >= 11 is 0. The second-order valence-electron chi connectivity index (χ2n) is 2.84. The molecular formula is C6H14Cl2N2. The van der Waals surface area contributed by atoms with Crippen molar-refractivity contribution < 1.29 is 0 Å². The molecule has 2 bridgehead atoms. The van der Waals surface area contributed by atoms with Crippen molar-refractivity contribution in [1.82, 2.24) is 10.9 Å². The van der Waals surface area contributed by atoms with Gasteiger partial charge < -0.3 is 0 Å². The average molecular weight is 185 g/mol. The Morgan fingerprint density at radius 3 is 1.10 bits per heavy atom. The molecule has 2 heterocycles. The van der Waals surface area contributed by atoms with E-state index in [-0.39, 0.29) is 24.8 Å². The molecule has 0 aromatic rings. The third-order valence-electron chi connectivity index (χ3n) is 2.22. The third-order valence-corrected chi connectivity index (χ3v) is 2.22. The largest absolute Gasteiger partial charge is 0.255 e. The van der Waals surface area contributed by atoms with Crippen LogP contribution in [0.15, 0.2) is 0 Å². The van der Waals surface area contributed by atoms with Crippen LogP contribution in [0.1, 0.15) is 25.7 Å². The van der Waals surface area contributed by atoms with Gasteiger partial charge in [0, 0.05) is 12.1 Å². The molecule has 62 valence electrons. The van der Waals surface area contributed by atoms with E-state index in [2.05, 4.69) is 10.9 Å². The van der Waals surface area contributed by atoms with Crippen molar-refractivity contribution in [3.8, 4) is 0 Å². The summed E-state index contributed by atoms with van der Waals surface area (Å²) < 4.78 is 0. The molecule has 3 rings (SSSR count). The average Bonchev–Trinajstić information content (AvgIpc) is 1.92. The molecule has 1 aliphatic carbocycles. The summed E-state index contributed by atoms with van der Waals surface area (Å²) in [6.45, 7) is 0. The molecule has 0 radical (unpaired) electrons. The lowest BCUT2D eigenvalue weighted by atomic mass is 9.90. The number of hydrogen-bond acceptors (Lipinski definition) is 2. The monoisotopic (exact) mass is 184 g/mol. The molecule has 1 saturated carbocycles. The maximum Gasteiger partial charge on any atom is 0.0214 e. The lowest BCUT2D eigenvalue weighted by Gasteiger charge is -2.37. The fourth-order valence-corrected chi connectivity index (χ4v) is 1.62. The molecule has 3 fully saturated rings. The quantitative estimate of drug-likeness (QED) is 0.593. The van der Waals surface area contributed by atoms with E-state index in [1.54, 1.807) is 0 Å². The van der Waals surface area contributed by atoms with Crippen LogP contribution in [0.25, 0.3) is 0 Å². The van der Waals surface area contributed by atoms with Crippen LogP contribution in [-0.4, -0.2) is 12.1 Å². The summed E-state index contributed by atoms with van der Waals surface area (Å²) in [4.78, 5) is 0. The molecule has 0 unspecified atom stereocenters. The SMILES string of the molecule is C1CC2CCC1NN2.Cl.Cl. The van der Waals surface area contributed by atoms with Gasteiger partial charge in [0.25, 0.3) is 0 Å². The Labute approximate surface area is 73.9 Å². The van der Waals surface area contributed by atoms with Crippen molar-refractivity contribution in [2.24, 2.45) is 0 Å². The van der Waals surface area contributed by atoms with Gasteiger partial charge in [0.05, 0.1) is 0 Å². The number of hydrazine groups is 1. The number of halogens is 2. The van der Waals surface area contributed by atoms with Crippen LogP contribution in [-0.2, 0) is 0 Å². The Balaban J connectivity index is 0.000000405. The first-order valence-electron chi connectivity index (χ1n) is 3.46. The van der Waals surface area contributed by atoms with E-state index in [4.69, 9.17) is 0 Å². The molecule has 0 aromatic carbocycles. The first-order valence-corrected chi connectivity index (χ1v) is 3.46. The van der Waals surface area contributed by atoms with Gasteiger partial charge in [0.1, 0.15) is 0 Å². The second-order valence-corrected chi connectivity index (χ2v) is 2.84. The van der Waals surface area contributed by atoms with Crippen LogP contribution in [0.2, 0.25) is 0 Å². The summed E-state index contributed by atoms with van der Waals surface area (Å²) in [6.07, 6.45) is 5.55. The molecule has 0 spiro atoms. The minimum absolute atomic E-state index is 0. The van der Waals surface area contributed by atoms with Gasteiger partial charge in [-0.3, -0.25) is 10.9 Å². The van der Waals surface area contributed by atoms with Crippen molar-refractivity contribution in [1.29, 1.82) is 0 Å². The van der Waals surface area contributed by atoms with Gasteiger partial charge in [-0.25, -0.2) is 0 Å². The van der Waals surface area contributed by atoms with Crippen molar-refractivity contribution in [3.05, 3.63) is 0 Å². The van der Waals surface area contributed by atoms with Crippen LogP contribution in [0, 0.1) is 0 Å². The van der Waals surface area contributed by atoms with Crippen LogP contribution in [0.4, 0.5) is 0 Å². The zero-order valence-corrected chi connectivity index (χ0v) is 7.43. The standard InChI is InChI=1S/C6H12N2.2ClH/c1-2-6-4-3-5(1)7-8-6;;/h5-8H,1-4H2;2*1H. The van der Waals surface area contributed by atoms with E-state index in [9.17, 15) is 0 Å². The van der Waals surface area contributed by atoms with Crippen molar-refractivity contribution >= 4 is 24.8 Å². The van der Waals surface area contributed by atoms with Crippen LogP contribution in [0.3, 0.4) is 0 Å². The highest BCUT2D eigenvalue weighted by atomic mass is 35.5. The highest BCUT2D eigenvalue weighted by Crippen LogP contribution is 2.21. The fraction of sp³-hybridized carbons (Fsp3) is 1.00. The summed E-state index contributed by atoms with van der Waals surface area (Å²) in [7, 11) is 0. The molecule has 0 aromatic heterocycles. The summed E-state index contributed by atoms with van der Waals surface area (Å²) in [5.41, 5.74) is 6.54. The van der Waals surface area contributed by atoms with E-state index in [1.165, 1.54) is 25.7 Å². The number of nitrogens with one attached hydrogen (secondary N) is 2. The Morgan fingerprint density at radius 2 is 1.00 bits per heavy atom. The van der Waals surface area contributed by atoms with Crippen molar-refractivity contribution in [2.75, 3.05) is 0 Å². The molecule has 2 nitrogen and oxygen atoms in total. The van der Waals surface area contributed by atoms with Crippen LogP contribution >= 0.6 is 24.8 Å². The Kier molecular flexibility index (Phi) is 4.61. The minimum Gasteiger partial charge on any atom is -0.255 e. The Morgan fingerprint density at radius 1 is 0.700 bits per heavy atom. The summed E-state index contributed by atoms with van der Waals surface area (Å²) in [6, 6.07) is 1.58. The maximum absolute atomic E-state index is 3.27. The number of fused-ring (bicyclic) bond motifs is 3. The predicted molar refractivity (Wildman–Crippen MR) is 46.8 cm³/mol. The van der Waals surface area contributed by atoms with Gasteiger partial charge in [0.15, 0.2) is 0 Å². The van der Waals surface area contributed by atoms with E-state index >= 15 is 0 Å². The van der Waals surface area contributed by atoms with Gasteiger partial charge in [-0.05, 0) is 25.7 Å². The molecule has 2 aliphatic heterocycles. The van der Waals surface area contributed by atoms with Gasteiger partial charge in [-0.1, -0.05) is 0 Å².